The van der Waals surface area contributed by atoms with Crippen molar-refractivity contribution in [3.63, 3.8) is 0 Å². The molecule has 0 radical (unpaired) electrons. The summed E-state index contributed by atoms with van der Waals surface area (Å²) in [4.78, 5) is 20.5. The highest BCUT2D eigenvalue weighted by atomic mass is 32.2. The highest BCUT2D eigenvalue weighted by molar-refractivity contribution is 7.91. The molecule has 220 valence electrons. The van der Waals surface area contributed by atoms with E-state index in [0.717, 1.165) is 22.6 Å². The summed E-state index contributed by atoms with van der Waals surface area (Å²) in [6, 6.07) is 3.84. The van der Waals surface area contributed by atoms with Crippen LogP contribution in [0, 0.1) is 6.92 Å². The van der Waals surface area contributed by atoms with E-state index in [1.165, 1.54) is 14.0 Å². The number of aliphatic hydroxyl groups is 1. The Kier molecular flexibility index (Phi) is 8.00. The molecule has 0 aliphatic heterocycles. The number of aromatic nitrogens is 4. The summed E-state index contributed by atoms with van der Waals surface area (Å²) >= 11 is 0.574. The molecule has 0 saturated carbocycles. The molecular weight excluding hydrogens is 606 g/mol. The number of amides is 1. The van der Waals surface area contributed by atoms with Crippen LogP contribution in [-0.2, 0) is 22.4 Å². The molecule has 0 unspecified atom stereocenters. The van der Waals surface area contributed by atoms with Gasteiger partial charge in [-0.1, -0.05) is 23.5 Å². The molecule has 0 atom stereocenters. The number of carbonyl (C=O) groups is 1. The molecule has 4 aromatic rings. The zero-order valence-electron chi connectivity index (χ0n) is 20.8. The molecule has 0 saturated heterocycles. The van der Waals surface area contributed by atoms with Crippen LogP contribution in [0.25, 0.3) is 16.9 Å². The normalized spacial score (nSPS) is 12.7. The van der Waals surface area contributed by atoms with Crippen LogP contribution in [0.15, 0.2) is 40.7 Å². The number of rotatable bonds is 7. The number of fused-ring (bicyclic) bond motifs is 1. The van der Waals surface area contributed by atoms with E-state index in [2.05, 4.69) is 20.4 Å². The van der Waals surface area contributed by atoms with E-state index in [9.17, 15) is 39.6 Å². The van der Waals surface area contributed by atoms with Gasteiger partial charge < -0.3 is 9.84 Å². The quantitative estimate of drug-likeness (QED) is 0.288. The Labute approximate surface area is 231 Å². The van der Waals surface area contributed by atoms with Crippen LogP contribution in [0.4, 0.5) is 36.3 Å². The Morgan fingerprint density at radius 2 is 1.78 bits per heavy atom. The lowest BCUT2D eigenvalue weighted by molar-refractivity contribution is -0.142. The number of nitrogens with one attached hydrogen (secondary N) is 1. The van der Waals surface area contributed by atoms with Gasteiger partial charge in [0, 0.05) is 19.2 Å². The maximum atomic E-state index is 13.8. The fourth-order valence-electron chi connectivity index (χ4n) is 3.48. The van der Waals surface area contributed by atoms with E-state index in [0.29, 0.717) is 34.1 Å². The van der Waals surface area contributed by atoms with Gasteiger partial charge in [-0.25, -0.2) is 27.7 Å². The third-order valence-corrected chi connectivity index (χ3v) is 8.98. The van der Waals surface area contributed by atoms with Gasteiger partial charge in [-0.05, 0) is 25.1 Å². The van der Waals surface area contributed by atoms with Crippen LogP contribution in [0.5, 0.6) is 5.75 Å². The van der Waals surface area contributed by atoms with Gasteiger partial charge in [0.15, 0.2) is 26.4 Å². The maximum Gasteiger partial charge on any atom is 0.433 e. The van der Waals surface area contributed by atoms with Gasteiger partial charge in [-0.2, -0.15) is 35.7 Å². The van der Waals surface area contributed by atoms with E-state index in [4.69, 9.17) is 9.84 Å². The third kappa shape index (κ3) is 6.26. The van der Waals surface area contributed by atoms with Gasteiger partial charge in [0.2, 0.25) is 0 Å². The largest absolute Gasteiger partial charge is 0.433 e. The van der Waals surface area contributed by atoms with Crippen molar-refractivity contribution in [2.45, 2.75) is 23.5 Å². The zero-order chi connectivity index (χ0) is 30.3. The van der Waals surface area contributed by atoms with Gasteiger partial charge in [0.25, 0.3) is 10.0 Å². The number of alkyl halides is 6. The number of hydrogen-bond acceptors (Lipinski definition) is 9. The minimum Gasteiger partial charge on any atom is -0.404 e. The number of ether oxygens (including phenoxy) is 1. The van der Waals surface area contributed by atoms with Crippen LogP contribution in [0.3, 0.4) is 0 Å². The number of thiazole rings is 1. The number of hydrogen-bond donors (Lipinski definition) is 2. The summed E-state index contributed by atoms with van der Waals surface area (Å²) in [5.74, 6) is -0.537. The molecule has 2 N–H and O–H groups in total. The topological polar surface area (TPSA) is 139 Å². The maximum absolute atomic E-state index is 13.8. The van der Waals surface area contributed by atoms with Crippen LogP contribution < -0.4 is 10.1 Å². The predicted molar refractivity (Wildman–Crippen MR) is 132 cm³/mol. The minimum atomic E-state index is -4.98. The SMILES string of the molecule is Cc1nc(NC(=O)Oc2cnn3c(C(F)(F)F)cc(-c4ccc(C(F)(F)F)cc4)nc23)sc1S(=O)(=O)N(C)CCO. The lowest BCUT2D eigenvalue weighted by Gasteiger charge is -2.14. The number of likely N-dealkylation sites (N-methyl/N-ethyl adjacent to an activating group) is 1. The Balaban J connectivity index is 1.65. The smallest absolute Gasteiger partial charge is 0.404 e. The van der Waals surface area contributed by atoms with Crippen molar-refractivity contribution in [1.29, 1.82) is 0 Å². The molecule has 1 aromatic carbocycles. The number of aliphatic hydroxyl groups excluding tert-OH is 1. The van der Waals surface area contributed by atoms with Crippen molar-refractivity contribution in [3.8, 4) is 17.0 Å². The van der Waals surface area contributed by atoms with Crippen molar-refractivity contribution in [3.05, 3.63) is 53.5 Å². The van der Waals surface area contributed by atoms with E-state index in [1.807, 2.05) is 0 Å². The fraction of sp³-hybridized carbons (Fsp3) is 0.273. The van der Waals surface area contributed by atoms with Crippen LogP contribution in [0.2, 0.25) is 0 Å². The summed E-state index contributed by atoms with van der Waals surface area (Å²) in [5, 5.41) is 14.6. The summed E-state index contributed by atoms with van der Waals surface area (Å²) in [5.41, 5.74) is -3.36. The molecule has 3 heterocycles. The summed E-state index contributed by atoms with van der Waals surface area (Å²) in [6.45, 7) is 0.735. The standard InChI is InChI=1S/C22H18F6N6O5S2/c1-11-18(41(37,38)33(2)7-8-35)40-19(30-11)32-20(36)39-15-10-29-34-16(22(26,27)28)9-14(31-17(15)34)12-3-5-13(6-4-12)21(23,24)25/h3-6,9-10,35H,7-8H2,1-2H3,(H,30,32,36). The van der Waals surface area contributed by atoms with E-state index in [-0.39, 0.29) is 32.8 Å². The first kappa shape index (κ1) is 30.2. The number of halogens is 6. The third-order valence-electron chi connectivity index (χ3n) is 5.46. The van der Waals surface area contributed by atoms with Crippen LogP contribution in [0.1, 0.15) is 17.0 Å². The molecule has 0 fully saturated rings. The van der Waals surface area contributed by atoms with Crippen molar-refractivity contribution < 1.29 is 49.4 Å². The number of aryl methyl sites for hydroxylation is 1. The average molecular weight is 625 g/mol. The van der Waals surface area contributed by atoms with E-state index in [1.54, 1.807) is 0 Å². The van der Waals surface area contributed by atoms with Crippen LogP contribution in [-0.4, -0.2) is 63.7 Å². The second kappa shape index (κ2) is 10.9. The lowest BCUT2D eigenvalue weighted by atomic mass is 10.1. The molecule has 3 aromatic heterocycles. The van der Waals surface area contributed by atoms with Crippen molar-refractivity contribution in [1.82, 2.24) is 23.9 Å². The first-order valence-electron chi connectivity index (χ1n) is 11.2. The molecule has 0 aliphatic rings. The molecule has 0 bridgehead atoms. The summed E-state index contributed by atoms with van der Waals surface area (Å²) < 4.78 is 112. The second-order valence-corrected chi connectivity index (χ2v) is 11.5. The van der Waals surface area contributed by atoms with Gasteiger partial charge in [0.05, 0.1) is 29.8 Å². The molecule has 0 aliphatic carbocycles. The van der Waals surface area contributed by atoms with Gasteiger partial charge in [-0.15, -0.1) is 0 Å². The summed E-state index contributed by atoms with van der Waals surface area (Å²) in [7, 11) is -2.81. The first-order chi connectivity index (χ1) is 19.0. The Morgan fingerprint density at radius 3 is 2.37 bits per heavy atom. The van der Waals surface area contributed by atoms with E-state index < -0.39 is 57.7 Å². The molecule has 1 amide bonds. The summed E-state index contributed by atoms with van der Waals surface area (Å²) in [6.07, 6.45) is -10.1. The molecule has 19 heteroatoms. The Morgan fingerprint density at radius 1 is 1.12 bits per heavy atom. The fourth-order valence-corrected chi connectivity index (χ4v) is 6.23. The molecule has 41 heavy (non-hydrogen) atoms. The molecule has 4 rings (SSSR count). The minimum absolute atomic E-state index is 0.0312. The number of carbonyl (C=O) groups excluding carboxylic acids is 1. The van der Waals surface area contributed by atoms with Crippen molar-refractivity contribution in [2.24, 2.45) is 0 Å². The van der Waals surface area contributed by atoms with Crippen molar-refractivity contribution >= 4 is 38.2 Å². The van der Waals surface area contributed by atoms with E-state index >= 15 is 0 Å². The highest BCUT2D eigenvalue weighted by Gasteiger charge is 2.36. The van der Waals surface area contributed by atoms with Gasteiger partial charge in [0.1, 0.15) is 0 Å². The Hall–Kier alpha value is -3.81. The van der Waals surface area contributed by atoms with Crippen molar-refractivity contribution in [2.75, 3.05) is 25.5 Å². The number of benzene rings is 1. The first-order valence-corrected chi connectivity index (χ1v) is 13.4. The average Bonchev–Trinajstić information content (AvgIpc) is 3.45. The highest BCUT2D eigenvalue weighted by Crippen LogP contribution is 2.36. The van der Waals surface area contributed by atoms with Gasteiger partial charge in [-0.3, -0.25) is 5.32 Å². The second-order valence-electron chi connectivity index (χ2n) is 8.30. The monoisotopic (exact) mass is 624 g/mol. The Bertz CT molecular complexity index is 1700. The lowest BCUT2D eigenvalue weighted by Crippen LogP contribution is -2.29. The molecule has 11 nitrogen and oxygen atoms in total. The molecular formula is C22H18F6N6O5S2. The van der Waals surface area contributed by atoms with Crippen LogP contribution >= 0.6 is 11.3 Å². The van der Waals surface area contributed by atoms with Gasteiger partial charge >= 0.3 is 18.4 Å². The number of anilines is 1. The molecule has 0 spiro atoms. The number of nitrogens with zero attached hydrogens (tertiary/aromatic N) is 5. The predicted octanol–water partition coefficient (Wildman–Crippen LogP) is 4.42. The number of sulfonamides is 1. The zero-order valence-corrected chi connectivity index (χ0v) is 22.4.